The Balaban J connectivity index is 4.24. The van der Waals surface area contributed by atoms with Crippen molar-refractivity contribution in [1.82, 2.24) is 0 Å². The van der Waals surface area contributed by atoms with Crippen LogP contribution in [0.5, 0.6) is 0 Å². The molecule has 0 aromatic carbocycles. The van der Waals surface area contributed by atoms with Crippen molar-refractivity contribution in [2.45, 2.75) is 180 Å². The zero-order chi connectivity index (χ0) is 39.6. The highest BCUT2D eigenvalue weighted by atomic mass is 31.2. The lowest BCUT2D eigenvalue weighted by Gasteiger charge is -2.19. The Bertz CT molecular complexity index is 1070. The third-order valence-electron chi connectivity index (χ3n) is 8.67. The number of phosphoric acid groups is 1. The van der Waals surface area contributed by atoms with Crippen LogP contribution in [0.4, 0.5) is 0 Å². The number of carbonyl (C=O) groups excluding carboxylic acids is 2. The Labute approximate surface area is 329 Å². The van der Waals surface area contributed by atoms with E-state index in [1.807, 2.05) is 0 Å². The number of phosphoric ester groups is 1. The summed E-state index contributed by atoms with van der Waals surface area (Å²) in [6.45, 7) is 3.57. The molecule has 9 nitrogen and oxygen atoms in total. The van der Waals surface area contributed by atoms with Crippen LogP contribution in [0.3, 0.4) is 0 Å². The van der Waals surface area contributed by atoms with Crippen LogP contribution >= 0.6 is 7.82 Å². The zero-order valence-electron chi connectivity index (χ0n) is 34.2. The molecule has 3 N–H and O–H groups in total. The van der Waals surface area contributed by atoms with Gasteiger partial charge in [0.1, 0.15) is 6.61 Å². The van der Waals surface area contributed by atoms with Gasteiger partial charge in [0, 0.05) is 19.4 Å². The summed E-state index contributed by atoms with van der Waals surface area (Å²) in [5.41, 5.74) is 5.34. The Hall–Kier alpha value is -2.29. The highest BCUT2D eigenvalue weighted by Crippen LogP contribution is 2.43. The smallest absolute Gasteiger partial charge is 0.462 e. The first-order chi connectivity index (χ1) is 26.3. The SMILES string of the molecule is CC/C=C\C/C=C\C/C=C\C/C=C\C/C=C\CCCCCC(=O)OC(COC(=O)CCCCCCCCCCCCCCCC)COP(=O)(O)OCCN. The van der Waals surface area contributed by atoms with Crippen LogP contribution in [0.15, 0.2) is 60.8 Å². The number of nitrogens with two attached hydrogens (primary N) is 1. The molecular formula is C44H78NO8P. The highest BCUT2D eigenvalue weighted by molar-refractivity contribution is 7.47. The second-order valence-corrected chi connectivity index (χ2v) is 15.3. The summed E-state index contributed by atoms with van der Waals surface area (Å²) >= 11 is 0. The average Bonchev–Trinajstić information content (AvgIpc) is 3.16. The van der Waals surface area contributed by atoms with Gasteiger partial charge in [-0.25, -0.2) is 4.57 Å². The second-order valence-electron chi connectivity index (χ2n) is 13.8. The van der Waals surface area contributed by atoms with Crippen LogP contribution in [0.2, 0.25) is 0 Å². The first-order valence-electron chi connectivity index (χ1n) is 21.3. The molecule has 0 saturated heterocycles. The van der Waals surface area contributed by atoms with Crippen LogP contribution in [-0.2, 0) is 32.7 Å². The number of allylic oxidation sites excluding steroid dienone is 10. The maximum absolute atomic E-state index is 12.6. The van der Waals surface area contributed by atoms with Crippen molar-refractivity contribution in [1.29, 1.82) is 0 Å². The Morgan fingerprint density at radius 2 is 1.02 bits per heavy atom. The summed E-state index contributed by atoms with van der Waals surface area (Å²) in [7, 11) is -4.39. The number of carbonyl (C=O) groups is 2. The maximum atomic E-state index is 12.6. The lowest BCUT2D eigenvalue weighted by Crippen LogP contribution is -2.29. The lowest BCUT2D eigenvalue weighted by atomic mass is 10.0. The molecule has 0 fully saturated rings. The van der Waals surface area contributed by atoms with Gasteiger partial charge in [-0.1, -0.05) is 164 Å². The molecule has 0 aliphatic carbocycles. The van der Waals surface area contributed by atoms with Crippen LogP contribution in [0.1, 0.15) is 174 Å². The predicted octanol–water partition coefficient (Wildman–Crippen LogP) is 12.1. The largest absolute Gasteiger partial charge is 0.472 e. The van der Waals surface area contributed by atoms with Gasteiger partial charge in [-0.05, 0) is 57.8 Å². The van der Waals surface area contributed by atoms with Gasteiger partial charge in [0.15, 0.2) is 6.10 Å². The number of ether oxygens (including phenoxy) is 2. The molecule has 0 amide bonds. The maximum Gasteiger partial charge on any atom is 0.472 e. The van der Waals surface area contributed by atoms with E-state index in [0.29, 0.717) is 6.42 Å². The third kappa shape index (κ3) is 39.4. The lowest BCUT2D eigenvalue weighted by molar-refractivity contribution is -0.161. The minimum atomic E-state index is -4.39. The van der Waals surface area contributed by atoms with Crippen LogP contribution < -0.4 is 5.73 Å². The Morgan fingerprint density at radius 3 is 1.52 bits per heavy atom. The van der Waals surface area contributed by atoms with Crippen LogP contribution in [0, 0.1) is 0 Å². The fourth-order valence-corrected chi connectivity index (χ4v) is 6.31. The van der Waals surface area contributed by atoms with Gasteiger partial charge in [-0.15, -0.1) is 0 Å². The summed E-state index contributed by atoms with van der Waals surface area (Å²) in [5.74, 6) is -0.867. The van der Waals surface area contributed by atoms with Crippen molar-refractivity contribution < 1.29 is 37.6 Å². The Kier molecular flexibility index (Phi) is 38.7. The van der Waals surface area contributed by atoms with Crippen LogP contribution in [0.25, 0.3) is 0 Å². The first kappa shape index (κ1) is 51.7. The number of hydrogen-bond acceptors (Lipinski definition) is 8. The van der Waals surface area contributed by atoms with Crippen molar-refractivity contribution >= 4 is 19.8 Å². The summed E-state index contributed by atoms with van der Waals surface area (Å²) < 4.78 is 32.7. The quantitative estimate of drug-likeness (QED) is 0.0270. The summed E-state index contributed by atoms with van der Waals surface area (Å²) in [6.07, 6.45) is 46.8. The molecule has 54 heavy (non-hydrogen) atoms. The predicted molar refractivity (Wildman–Crippen MR) is 224 cm³/mol. The molecule has 0 bridgehead atoms. The van der Waals surface area contributed by atoms with Crippen LogP contribution in [-0.4, -0.2) is 49.3 Å². The molecule has 0 aliphatic rings. The van der Waals surface area contributed by atoms with E-state index >= 15 is 0 Å². The van der Waals surface area contributed by atoms with Gasteiger partial charge >= 0.3 is 19.8 Å². The van der Waals surface area contributed by atoms with Gasteiger partial charge in [0.05, 0.1) is 13.2 Å². The number of esters is 2. The van der Waals surface area contributed by atoms with Crippen molar-refractivity contribution in [2.24, 2.45) is 5.73 Å². The van der Waals surface area contributed by atoms with Gasteiger partial charge in [0.2, 0.25) is 0 Å². The molecule has 0 aliphatic heterocycles. The van der Waals surface area contributed by atoms with E-state index in [9.17, 15) is 19.0 Å². The monoisotopic (exact) mass is 780 g/mol. The van der Waals surface area contributed by atoms with Gasteiger partial charge in [-0.2, -0.15) is 0 Å². The molecule has 0 saturated carbocycles. The molecule has 312 valence electrons. The molecular weight excluding hydrogens is 701 g/mol. The van der Waals surface area contributed by atoms with Crippen molar-refractivity contribution in [3.8, 4) is 0 Å². The van der Waals surface area contributed by atoms with E-state index in [1.54, 1.807) is 0 Å². The average molecular weight is 780 g/mol. The minimum Gasteiger partial charge on any atom is -0.462 e. The normalized spacial score (nSPS) is 13.9. The highest BCUT2D eigenvalue weighted by Gasteiger charge is 2.26. The summed E-state index contributed by atoms with van der Waals surface area (Å²) in [4.78, 5) is 34.8. The number of hydrogen-bond donors (Lipinski definition) is 2. The third-order valence-corrected chi connectivity index (χ3v) is 9.65. The summed E-state index contributed by atoms with van der Waals surface area (Å²) in [6, 6.07) is 0. The molecule has 0 heterocycles. The summed E-state index contributed by atoms with van der Waals surface area (Å²) in [5, 5.41) is 0. The van der Waals surface area contributed by atoms with E-state index in [0.717, 1.165) is 70.6 Å². The standard InChI is InChI=1S/C44H78NO8P/c1-3-5-7-9-11-13-15-17-19-20-21-22-23-25-27-29-31-33-35-37-44(47)53-42(41-52-54(48,49)51-39-38-45)40-50-43(46)36-34-32-30-28-26-24-18-16-14-12-10-8-6-4-2/h5,7,11,13,17,19,21-22,25,27,42H,3-4,6,8-10,12,14-16,18,20,23-24,26,28-41,45H2,1-2H3,(H,48,49)/b7-5-,13-11-,19-17-,22-21-,27-25-. The Morgan fingerprint density at radius 1 is 0.574 bits per heavy atom. The zero-order valence-corrected chi connectivity index (χ0v) is 35.1. The molecule has 0 rings (SSSR count). The van der Waals surface area contributed by atoms with Crippen molar-refractivity contribution in [3.05, 3.63) is 60.8 Å². The molecule has 0 spiro atoms. The van der Waals surface area contributed by atoms with E-state index in [2.05, 4.69) is 74.6 Å². The number of rotatable bonds is 39. The second kappa shape index (κ2) is 40.4. The first-order valence-corrected chi connectivity index (χ1v) is 22.8. The fourth-order valence-electron chi connectivity index (χ4n) is 5.54. The van der Waals surface area contributed by atoms with E-state index < -0.39 is 32.5 Å². The minimum absolute atomic E-state index is 0.0459. The molecule has 2 unspecified atom stereocenters. The molecule has 2 atom stereocenters. The van der Waals surface area contributed by atoms with E-state index in [1.165, 1.54) is 70.6 Å². The van der Waals surface area contributed by atoms with Gasteiger partial charge in [-0.3, -0.25) is 18.6 Å². The number of unbranched alkanes of at least 4 members (excludes halogenated alkanes) is 16. The molecule has 10 heteroatoms. The van der Waals surface area contributed by atoms with E-state index in [4.69, 9.17) is 24.3 Å². The van der Waals surface area contributed by atoms with E-state index in [-0.39, 0.29) is 32.6 Å². The van der Waals surface area contributed by atoms with Gasteiger partial charge < -0.3 is 20.1 Å². The molecule has 0 radical (unpaired) electrons. The molecule has 0 aromatic heterocycles. The van der Waals surface area contributed by atoms with Crippen molar-refractivity contribution in [3.63, 3.8) is 0 Å². The molecule has 0 aromatic rings. The topological polar surface area (TPSA) is 134 Å². The van der Waals surface area contributed by atoms with Crippen molar-refractivity contribution in [2.75, 3.05) is 26.4 Å². The fraction of sp³-hybridized carbons (Fsp3) is 0.727. The van der Waals surface area contributed by atoms with Gasteiger partial charge in [0.25, 0.3) is 0 Å².